The van der Waals surface area contributed by atoms with E-state index in [0.29, 0.717) is 48.5 Å². The molecule has 1 saturated heterocycles. The summed E-state index contributed by atoms with van der Waals surface area (Å²) in [6.45, 7) is 2.58. The Balaban J connectivity index is 1.49. The Morgan fingerprint density at radius 1 is 1.03 bits per heavy atom. The molecule has 2 aromatic carbocycles. The SMILES string of the molecule is CSc1c(Cl)nc(-c2ccc(NC(=O)Nc3ccc(Cl)c(C(F)(F)F)c3)cc2)nc1N1CCOCC1. The van der Waals surface area contributed by atoms with Crippen molar-refractivity contribution < 1.29 is 22.7 Å². The van der Waals surface area contributed by atoms with Crippen molar-refractivity contribution in [3.63, 3.8) is 0 Å². The minimum absolute atomic E-state index is 0.0478. The summed E-state index contributed by atoms with van der Waals surface area (Å²) >= 11 is 13.5. The number of benzene rings is 2. The topological polar surface area (TPSA) is 79.4 Å². The van der Waals surface area contributed by atoms with Gasteiger partial charge in [0.05, 0.1) is 28.7 Å². The maximum Gasteiger partial charge on any atom is 0.417 e. The van der Waals surface area contributed by atoms with Crippen molar-refractivity contribution in [3.8, 4) is 11.4 Å². The molecule has 1 fully saturated rings. The van der Waals surface area contributed by atoms with Gasteiger partial charge < -0.3 is 20.3 Å². The lowest BCUT2D eigenvalue weighted by molar-refractivity contribution is -0.137. The van der Waals surface area contributed by atoms with Crippen molar-refractivity contribution in [2.45, 2.75) is 11.1 Å². The Kier molecular flexibility index (Phi) is 8.13. The molecule has 1 aromatic heterocycles. The Labute approximate surface area is 219 Å². The van der Waals surface area contributed by atoms with E-state index in [1.54, 1.807) is 24.3 Å². The van der Waals surface area contributed by atoms with Crippen LogP contribution in [0.2, 0.25) is 10.2 Å². The number of morpholine rings is 1. The van der Waals surface area contributed by atoms with Crippen LogP contribution in [0.15, 0.2) is 47.4 Å². The molecule has 2 heterocycles. The van der Waals surface area contributed by atoms with Gasteiger partial charge >= 0.3 is 12.2 Å². The number of amides is 2. The molecule has 3 aromatic rings. The van der Waals surface area contributed by atoms with Gasteiger partial charge in [-0.25, -0.2) is 14.8 Å². The summed E-state index contributed by atoms with van der Waals surface area (Å²) in [6.07, 6.45) is -2.73. The zero-order valence-electron chi connectivity index (χ0n) is 18.8. The number of nitrogens with one attached hydrogen (secondary N) is 2. The van der Waals surface area contributed by atoms with Crippen molar-refractivity contribution in [2.24, 2.45) is 0 Å². The average Bonchev–Trinajstić information content (AvgIpc) is 2.85. The van der Waals surface area contributed by atoms with E-state index in [1.807, 2.05) is 6.26 Å². The maximum absolute atomic E-state index is 13.0. The van der Waals surface area contributed by atoms with E-state index in [1.165, 1.54) is 17.8 Å². The van der Waals surface area contributed by atoms with Crippen LogP contribution in [0.1, 0.15) is 5.56 Å². The zero-order valence-corrected chi connectivity index (χ0v) is 21.2. The van der Waals surface area contributed by atoms with Crippen molar-refractivity contribution >= 4 is 58.2 Å². The highest BCUT2D eigenvalue weighted by Gasteiger charge is 2.33. The molecule has 0 spiro atoms. The molecule has 13 heteroatoms. The van der Waals surface area contributed by atoms with E-state index < -0.39 is 22.8 Å². The lowest BCUT2D eigenvalue weighted by Crippen LogP contribution is -2.37. The highest BCUT2D eigenvalue weighted by atomic mass is 35.5. The normalized spacial score (nSPS) is 14.0. The summed E-state index contributed by atoms with van der Waals surface area (Å²) in [7, 11) is 0. The van der Waals surface area contributed by atoms with Gasteiger partial charge in [-0.05, 0) is 48.7 Å². The third kappa shape index (κ3) is 6.15. The number of ether oxygens (including phenoxy) is 1. The molecule has 36 heavy (non-hydrogen) atoms. The minimum atomic E-state index is -4.64. The lowest BCUT2D eigenvalue weighted by atomic mass is 10.2. The van der Waals surface area contributed by atoms with Crippen LogP contribution in [-0.4, -0.2) is 48.6 Å². The molecule has 0 unspecified atom stereocenters. The van der Waals surface area contributed by atoms with Crippen LogP contribution in [0, 0.1) is 0 Å². The Morgan fingerprint density at radius 3 is 2.31 bits per heavy atom. The molecule has 1 aliphatic rings. The van der Waals surface area contributed by atoms with E-state index in [2.05, 4.69) is 20.5 Å². The van der Waals surface area contributed by atoms with Crippen LogP contribution in [0.4, 0.5) is 35.2 Å². The first-order valence-electron chi connectivity index (χ1n) is 10.6. The number of carbonyl (C=O) groups is 1. The fourth-order valence-electron chi connectivity index (χ4n) is 3.52. The van der Waals surface area contributed by atoms with E-state index in [0.717, 1.165) is 22.8 Å². The largest absolute Gasteiger partial charge is 0.417 e. The van der Waals surface area contributed by atoms with Gasteiger partial charge in [-0.2, -0.15) is 13.2 Å². The van der Waals surface area contributed by atoms with E-state index in [4.69, 9.17) is 32.9 Å². The fourth-order valence-corrected chi connectivity index (χ4v) is 4.71. The number of urea groups is 1. The fraction of sp³-hybridized carbons (Fsp3) is 0.261. The highest BCUT2D eigenvalue weighted by Crippen LogP contribution is 2.37. The molecule has 7 nitrogen and oxygen atoms in total. The number of aromatic nitrogens is 2. The first-order chi connectivity index (χ1) is 17.2. The molecule has 190 valence electrons. The third-order valence-electron chi connectivity index (χ3n) is 5.25. The number of hydrogen-bond acceptors (Lipinski definition) is 6. The van der Waals surface area contributed by atoms with E-state index in [-0.39, 0.29) is 5.69 Å². The van der Waals surface area contributed by atoms with Gasteiger partial charge in [0.2, 0.25) is 0 Å². The molecule has 2 amide bonds. The number of hydrogen-bond donors (Lipinski definition) is 2. The summed E-state index contributed by atoms with van der Waals surface area (Å²) in [5.41, 5.74) is 0.0152. The van der Waals surface area contributed by atoms with Gasteiger partial charge in [-0.3, -0.25) is 0 Å². The molecular weight excluding hydrogens is 538 g/mol. The van der Waals surface area contributed by atoms with Gasteiger partial charge in [-0.15, -0.1) is 11.8 Å². The monoisotopic (exact) mass is 557 g/mol. The highest BCUT2D eigenvalue weighted by molar-refractivity contribution is 7.98. The summed E-state index contributed by atoms with van der Waals surface area (Å²) in [4.78, 5) is 24.4. The molecule has 2 N–H and O–H groups in total. The van der Waals surface area contributed by atoms with Gasteiger partial charge in [0.15, 0.2) is 5.82 Å². The number of rotatable bonds is 5. The van der Waals surface area contributed by atoms with Crippen molar-refractivity contribution in [1.29, 1.82) is 0 Å². The predicted octanol–water partition coefficient (Wildman–Crippen LogP) is 6.67. The second kappa shape index (κ2) is 11.1. The van der Waals surface area contributed by atoms with Gasteiger partial charge in [0, 0.05) is 30.0 Å². The van der Waals surface area contributed by atoms with Crippen molar-refractivity contribution in [3.05, 3.63) is 58.2 Å². The summed E-state index contributed by atoms with van der Waals surface area (Å²) in [5, 5.41) is 4.84. The molecule has 1 aliphatic heterocycles. The van der Waals surface area contributed by atoms with E-state index in [9.17, 15) is 18.0 Å². The first-order valence-corrected chi connectivity index (χ1v) is 12.6. The van der Waals surface area contributed by atoms with Crippen LogP contribution in [0.3, 0.4) is 0 Å². The van der Waals surface area contributed by atoms with Gasteiger partial charge in [-0.1, -0.05) is 23.2 Å². The Hall–Kier alpha value is -2.73. The summed E-state index contributed by atoms with van der Waals surface area (Å²) < 4.78 is 44.6. The second-order valence-corrected chi connectivity index (χ2v) is 9.22. The van der Waals surface area contributed by atoms with Crippen molar-refractivity contribution in [1.82, 2.24) is 9.97 Å². The molecule has 0 atom stereocenters. The summed E-state index contributed by atoms with van der Waals surface area (Å²) in [5.74, 6) is 1.17. The van der Waals surface area contributed by atoms with Crippen LogP contribution < -0.4 is 15.5 Å². The first kappa shape index (κ1) is 26.3. The third-order valence-corrected chi connectivity index (χ3v) is 6.75. The standard InChI is InChI=1S/C23H20Cl2F3N5O2S/c1-36-18-19(25)31-20(32-21(18)33-8-10-35-11-9-33)13-2-4-14(5-3-13)29-22(34)30-15-6-7-17(24)16(12-15)23(26,27)28/h2-7,12H,8-11H2,1H3,(H2,29,30,34). The second-order valence-electron chi connectivity index (χ2n) is 7.64. The number of halogens is 5. The summed E-state index contributed by atoms with van der Waals surface area (Å²) in [6, 6.07) is 9.12. The molecule has 0 radical (unpaired) electrons. The quantitative estimate of drug-likeness (QED) is 0.269. The van der Waals surface area contributed by atoms with Crippen LogP contribution in [-0.2, 0) is 10.9 Å². The molecular formula is C23H20Cl2F3N5O2S. The van der Waals surface area contributed by atoms with E-state index >= 15 is 0 Å². The van der Waals surface area contributed by atoms with Crippen molar-refractivity contribution in [2.75, 3.05) is 48.1 Å². The number of carbonyl (C=O) groups excluding carboxylic acids is 1. The maximum atomic E-state index is 13.0. The molecule has 0 saturated carbocycles. The molecule has 4 rings (SSSR count). The Bertz CT molecular complexity index is 1260. The predicted molar refractivity (Wildman–Crippen MR) is 136 cm³/mol. The molecule has 0 aliphatic carbocycles. The number of anilines is 3. The Morgan fingerprint density at radius 2 is 1.67 bits per heavy atom. The van der Waals surface area contributed by atoms with Crippen LogP contribution in [0.5, 0.6) is 0 Å². The minimum Gasteiger partial charge on any atom is -0.378 e. The zero-order chi connectivity index (χ0) is 25.9. The average molecular weight is 558 g/mol. The van der Waals surface area contributed by atoms with Crippen LogP contribution in [0.25, 0.3) is 11.4 Å². The number of nitrogens with zero attached hydrogens (tertiary/aromatic N) is 3. The smallest absolute Gasteiger partial charge is 0.378 e. The van der Waals surface area contributed by atoms with Crippen LogP contribution >= 0.6 is 35.0 Å². The van der Waals surface area contributed by atoms with Gasteiger partial charge in [0.25, 0.3) is 0 Å². The number of thioether (sulfide) groups is 1. The molecule has 0 bridgehead atoms. The lowest BCUT2D eigenvalue weighted by Gasteiger charge is -2.29. The number of alkyl halides is 3. The van der Waals surface area contributed by atoms with Gasteiger partial charge in [0.1, 0.15) is 11.0 Å².